The Balaban J connectivity index is 1.91. The third-order valence-corrected chi connectivity index (χ3v) is 4.01. The van der Waals surface area contributed by atoms with Crippen LogP contribution in [0, 0.1) is 12.7 Å². The zero-order valence-electron chi connectivity index (χ0n) is 12.7. The number of benzene rings is 2. The summed E-state index contributed by atoms with van der Waals surface area (Å²) in [5, 5.41) is 5.43. The minimum Gasteiger partial charge on any atom is -0.408 e. The Morgan fingerprint density at radius 3 is 2.96 bits per heavy atom. The van der Waals surface area contributed by atoms with E-state index in [2.05, 4.69) is 5.10 Å². The summed E-state index contributed by atoms with van der Waals surface area (Å²) in [6.45, 7) is 1.92. The molecule has 4 rings (SSSR count). The molecule has 0 unspecified atom stereocenters. The van der Waals surface area contributed by atoms with Gasteiger partial charge >= 0.3 is 5.76 Å². The number of oxazole rings is 1. The number of rotatable bonds is 2. The highest BCUT2D eigenvalue weighted by Crippen LogP contribution is 2.21. The van der Waals surface area contributed by atoms with E-state index in [1.165, 1.54) is 10.6 Å². The van der Waals surface area contributed by atoms with Crippen LogP contribution in [-0.4, -0.2) is 14.3 Å². The second kappa shape index (κ2) is 4.81. The molecule has 0 atom stereocenters. The van der Waals surface area contributed by atoms with Crippen molar-refractivity contribution in [3.63, 3.8) is 0 Å². The molecule has 0 aliphatic heterocycles. The van der Waals surface area contributed by atoms with Gasteiger partial charge in [-0.15, -0.1) is 0 Å². The lowest BCUT2D eigenvalue weighted by atomic mass is 10.1. The largest absolute Gasteiger partial charge is 0.420 e. The van der Waals surface area contributed by atoms with E-state index >= 15 is 0 Å². The van der Waals surface area contributed by atoms with Crippen molar-refractivity contribution in [1.82, 2.24) is 14.3 Å². The Kier molecular flexibility index (Phi) is 2.87. The second-order valence-electron chi connectivity index (χ2n) is 5.68. The number of hydrogen-bond acceptors (Lipinski definition) is 3. The Hall–Kier alpha value is -2.89. The quantitative estimate of drug-likeness (QED) is 0.572. The molecule has 0 radical (unpaired) electrons. The van der Waals surface area contributed by atoms with Gasteiger partial charge in [-0.2, -0.15) is 5.10 Å². The fourth-order valence-electron chi connectivity index (χ4n) is 2.86. The van der Waals surface area contributed by atoms with Gasteiger partial charge in [0.25, 0.3) is 0 Å². The Morgan fingerprint density at radius 1 is 1.30 bits per heavy atom. The summed E-state index contributed by atoms with van der Waals surface area (Å²) in [5.74, 6) is -0.860. The third-order valence-electron chi connectivity index (χ3n) is 4.01. The molecule has 2 heterocycles. The van der Waals surface area contributed by atoms with Gasteiger partial charge in [0, 0.05) is 30.3 Å². The number of aryl methyl sites for hydroxylation is 2. The minimum absolute atomic E-state index is 0.280. The predicted octanol–water partition coefficient (Wildman–Crippen LogP) is 2.98. The summed E-state index contributed by atoms with van der Waals surface area (Å²) < 4.78 is 22.3. The van der Waals surface area contributed by atoms with Crippen molar-refractivity contribution < 1.29 is 8.81 Å². The van der Waals surface area contributed by atoms with Gasteiger partial charge in [0.05, 0.1) is 17.6 Å². The number of aromatic nitrogens is 3. The van der Waals surface area contributed by atoms with Crippen LogP contribution >= 0.6 is 0 Å². The van der Waals surface area contributed by atoms with Crippen molar-refractivity contribution in [2.75, 3.05) is 0 Å². The smallest absolute Gasteiger partial charge is 0.408 e. The minimum atomic E-state index is -0.502. The van der Waals surface area contributed by atoms with Crippen LogP contribution in [0.4, 0.5) is 4.39 Å². The molecule has 4 aromatic rings. The number of fused-ring (bicyclic) bond motifs is 2. The van der Waals surface area contributed by atoms with Gasteiger partial charge in [-0.05, 0) is 18.6 Å². The van der Waals surface area contributed by atoms with Crippen LogP contribution in [0.1, 0.15) is 11.1 Å². The highest BCUT2D eigenvalue weighted by Gasteiger charge is 2.14. The summed E-state index contributed by atoms with van der Waals surface area (Å²) in [6, 6.07) is 8.67. The lowest BCUT2D eigenvalue weighted by molar-refractivity contribution is 0.518. The molecule has 0 saturated heterocycles. The molecule has 0 aliphatic rings. The Bertz CT molecular complexity index is 1100. The van der Waals surface area contributed by atoms with Gasteiger partial charge in [0.1, 0.15) is 5.82 Å². The molecular weight excluding hydrogens is 297 g/mol. The first-order valence-corrected chi connectivity index (χ1v) is 7.23. The first kappa shape index (κ1) is 13.8. The highest BCUT2D eigenvalue weighted by atomic mass is 19.1. The molecule has 0 saturated carbocycles. The molecule has 0 N–H and O–H groups in total. The van der Waals surface area contributed by atoms with Gasteiger partial charge < -0.3 is 4.42 Å². The molecule has 0 amide bonds. The Labute approximate surface area is 130 Å². The van der Waals surface area contributed by atoms with Crippen LogP contribution in [-0.2, 0) is 13.6 Å². The van der Waals surface area contributed by atoms with Gasteiger partial charge in [-0.25, -0.2) is 9.18 Å². The molecule has 116 valence electrons. The maximum atomic E-state index is 13.9. The topological polar surface area (TPSA) is 53.0 Å². The summed E-state index contributed by atoms with van der Waals surface area (Å²) >= 11 is 0. The fraction of sp³-hybridized carbons (Fsp3) is 0.176. The molecule has 2 aromatic heterocycles. The van der Waals surface area contributed by atoms with Gasteiger partial charge in [-0.1, -0.05) is 18.2 Å². The molecular formula is C17H14FN3O2. The van der Waals surface area contributed by atoms with E-state index in [4.69, 9.17) is 4.42 Å². The van der Waals surface area contributed by atoms with E-state index in [-0.39, 0.29) is 12.4 Å². The first-order chi connectivity index (χ1) is 11.0. The van der Waals surface area contributed by atoms with Crippen LogP contribution in [0.5, 0.6) is 0 Å². The van der Waals surface area contributed by atoms with E-state index in [0.29, 0.717) is 16.7 Å². The van der Waals surface area contributed by atoms with Crippen molar-refractivity contribution in [2.45, 2.75) is 13.5 Å². The normalized spacial score (nSPS) is 11.6. The van der Waals surface area contributed by atoms with Gasteiger partial charge in [0.2, 0.25) is 0 Å². The summed E-state index contributed by atoms with van der Waals surface area (Å²) in [6.07, 6.45) is 1.91. The lowest BCUT2D eigenvalue weighted by Crippen LogP contribution is -2.15. The maximum absolute atomic E-state index is 13.9. The van der Waals surface area contributed by atoms with E-state index in [1.807, 2.05) is 31.4 Å². The average molecular weight is 311 g/mol. The fourth-order valence-corrected chi connectivity index (χ4v) is 2.86. The van der Waals surface area contributed by atoms with Crippen molar-refractivity contribution in [3.05, 3.63) is 64.0 Å². The van der Waals surface area contributed by atoms with Crippen LogP contribution < -0.4 is 5.76 Å². The van der Waals surface area contributed by atoms with Gasteiger partial charge in [-0.3, -0.25) is 9.25 Å². The van der Waals surface area contributed by atoms with Crippen LogP contribution in [0.15, 0.2) is 45.7 Å². The van der Waals surface area contributed by atoms with Crippen LogP contribution in [0.25, 0.3) is 22.0 Å². The monoisotopic (exact) mass is 311 g/mol. The van der Waals surface area contributed by atoms with Crippen molar-refractivity contribution >= 4 is 22.0 Å². The van der Waals surface area contributed by atoms with Crippen molar-refractivity contribution in [2.24, 2.45) is 7.05 Å². The molecule has 0 bridgehead atoms. The highest BCUT2D eigenvalue weighted by molar-refractivity contribution is 5.81. The zero-order chi connectivity index (χ0) is 16.1. The molecule has 0 aliphatic carbocycles. The number of halogens is 1. The van der Waals surface area contributed by atoms with E-state index in [0.717, 1.165) is 16.5 Å². The summed E-state index contributed by atoms with van der Waals surface area (Å²) in [4.78, 5) is 12.2. The zero-order valence-corrected chi connectivity index (χ0v) is 12.7. The number of hydrogen-bond donors (Lipinski definition) is 0. The molecule has 5 nitrogen and oxygen atoms in total. The molecule has 0 fully saturated rings. The average Bonchev–Trinajstić information content (AvgIpc) is 3.01. The predicted molar refractivity (Wildman–Crippen MR) is 85.0 cm³/mol. The second-order valence-corrected chi connectivity index (χ2v) is 5.68. The molecule has 6 heteroatoms. The van der Waals surface area contributed by atoms with Crippen LogP contribution in [0.2, 0.25) is 0 Å². The SMILES string of the molecule is Cc1cc2oc(=O)n(Cc3cccc4cn(C)nc34)c2cc1F. The molecule has 23 heavy (non-hydrogen) atoms. The molecule has 0 spiro atoms. The van der Waals surface area contributed by atoms with E-state index in [9.17, 15) is 9.18 Å². The number of nitrogens with zero attached hydrogens (tertiary/aromatic N) is 3. The van der Waals surface area contributed by atoms with Gasteiger partial charge in [0.15, 0.2) is 5.58 Å². The summed E-state index contributed by atoms with van der Waals surface area (Å²) in [7, 11) is 1.85. The third kappa shape index (κ3) is 2.14. The summed E-state index contributed by atoms with van der Waals surface area (Å²) in [5.41, 5.74) is 3.00. The standard InChI is InChI=1S/C17H14FN3O2/c1-10-6-15-14(7-13(10)18)21(17(22)23-15)9-12-5-3-4-11-8-20(2)19-16(11)12/h3-8H,9H2,1-2H3. The van der Waals surface area contributed by atoms with E-state index < -0.39 is 5.76 Å². The molecule has 2 aromatic carbocycles. The van der Waals surface area contributed by atoms with Crippen molar-refractivity contribution in [3.8, 4) is 0 Å². The Morgan fingerprint density at radius 2 is 2.13 bits per heavy atom. The van der Waals surface area contributed by atoms with E-state index in [1.54, 1.807) is 17.7 Å². The van der Waals surface area contributed by atoms with Crippen molar-refractivity contribution in [1.29, 1.82) is 0 Å². The van der Waals surface area contributed by atoms with Crippen LogP contribution in [0.3, 0.4) is 0 Å². The lowest BCUT2D eigenvalue weighted by Gasteiger charge is -2.04. The first-order valence-electron chi connectivity index (χ1n) is 7.23. The maximum Gasteiger partial charge on any atom is 0.420 e.